The van der Waals surface area contributed by atoms with E-state index in [1.54, 1.807) is 17.5 Å². The van der Waals surface area contributed by atoms with Gasteiger partial charge in [-0.1, -0.05) is 12.1 Å². The molecule has 0 bridgehead atoms. The Balaban J connectivity index is 1.88. The maximum absolute atomic E-state index is 11.7. The van der Waals surface area contributed by atoms with Crippen LogP contribution in [0.5, 0.6) is 0 Å². The fourth-order valence-electron chi connectivity index (χ4n) is 1.38. The normalized spacial score (nSPS) is 10.1. The van der Waals surface area contributed by atoms with E-state index in [0.717, 1.165) is 19.1 Å². The summed E-state index contributed by atoms with van der Waals surface area (Å²) in [7, 11) is 0. The zero-order valence-corrected chi connectivity index (χ0v) is 12.7. The van der Waals surface area contributed by atoms with Crippen molar-refractivity contribution in [3.8, 4) is 0 Å². The predicted molar refractivity (Wildman–Crippen MR) is 81.9 cm³/mol. The molecule has 1 heterocycles. The number of hydrogen-bond donors (Lipinski definition) is 2. The Morgan fingerprint density at radius 3 is 2.89 bits per heavy atom. The quantitative estimate of drug-likeness (QED) is 0.811. The number of nitrogens with zero attached hydrogens (tertiary/aromatic N) is 1. The molecular formula is C12H12IN3OS. The number of amides is 2. The number of aryl methyl sites for hydroxylation is 1. The van der Waals surface area contributed by atoms with Crippen LogP contribution < -0.4 is 10.6 Å². The number of thiazole rings is 1. The van der Waals surface area contributed by atoms with Gasteiger partial charge in [-0.15, -0.1) is 11.3 Å². The molecule has 1 aromatic heterocycles. The van der Waals surface area contributed by atoms with E-state index >= 15 is 0 Å². The lowest BCUT2D eigenvalue weighted by molar-refractivity contribution is 0.252. The average molecular weight is 373 g/mol. The molecule has 0 saturated carbocycles. The standard InChI is InChI=1S/C12H12IN3OS/c1-8-14-6-9(18-8)7-15-12(17)16-11-5-3-2-4-10(11)13/h2-6H,7H2,1H3,(H2,15,16,17). The first-order valence-corrected chi connectivity index (χ1v) is 7.25. The van der Waals surface area contributed by atoms with Crippen molar-refractivity contribution >= 4 is 45.6 Å². The number of carbonyl (C=O) groups excluding carboxylic acids is 1. The van der Waals surface area contributed by atoms with Gasteiger partial charge < -0.3 is 10.6 Å². The minimum absolute atomic E-state index is 0.204. The highest BCUT2D eigenvalue weighted by Gasteiger charge is 2.05. The topological polar surface area (TPSA) is 54.0 Å². The fraction of sp³-hybridized carbons (Fsp3) is 0.167. The van der Waals surface area contributed by atoms with Gasteiger partial charge in [-0.2, -0.15) is 0 Å². The minimum Gasteiger partial charge on any atom is -0.333 e. The van der Waals surface area contributed by atoms with Crippen molar-refractivity contribution in [1.82, 2.24) is 10.3 Å². The molecule has 94 valence electrons. The number of rotatable bonds is 3. The van der Waals surface area contributed by atoms with Crippen LogP contribution in [0.3, 0.4) is 0 Å². The van der Waals surface area contributed by atoms with Crippen molar-refractivity contribution in [2.75, 3.05) is 5.32 Å². The molecule has 4 nitrogen and oxygen atoms in total. The first-order valence-electron chi connectivity index (χ1n) is 5.36. The summed E-state index contributed by atoms with van der Waals surface area (Å²) in [6, 6.07) is 7.45. The highest BCUT2D eigenvalue weighted by Crippen LogP contribution is 2.16. The fourth-order valence-corrected chi connectivity index (χ4v) is 2.64. The van der Waals surface area contributed by atoms with Gasteiger partial charge in [-0.25, -0.2) is 9.78 Å². The summed E-state index contributed by atoms with van der Waals surface area (Å²) in [6.07, 6.45) is 1.78. The van der Waals surface area contributed by atoms with Crippen molar-refractivity contribution < 1.29 is 4.79 Å². The second-order valence-corrected chi connectivity index (χ2v) is 6.11. The van der Waals surface area contributed by atoms with Gasteiger partial charge >= 0.3 is 6.03 Å². The van der Waals surface area contributed by atoms with Crippen molar-refractivity contribution in [2.45, 2.75) is 13.5 Å². The number of halogens is 1. The number of nitrogens with one attached hydrogen (secondary N) is 2. The molecule has 2 rings (SSSR count). The summed E-state index contributed by atoms with van der Waals surface area (Å²) in [5.74, 6) is 0. The smallest absolute Gasteiger partial charge is 0.319 e. The highest BCUT2D eigenvalue weighted by atomic mass is 127. The number of aromatic nitrogens is 1. The van der Waals surface area contributed by atoms with E-state index in [0.29, 0.717) is 6.54 Å². The summed E-state index contributed by atoms with van der Waals surface area (Å²) < 4.78 is 1.01. The summed E-state index contributed by atoms with van der Waals surface area (Å²) in [4.78, 5) is 16.9. The molecule has 0 saturated heterocycles. The number of hydrogen-bond acceptors (Lipinski definition) is 3. The molecule has 0 aliphatic heterocycles. The van der Waals surface area contributed by atoms with E-state index in [-0.39, 0.29) is 6.03 Å². The van der Waals surface area contributed by atoms with E-state index in [2.05, 4.69) is 38.2 Å². The van der Waals surface area contributed by atoms with Crippen molar-refractivity contribution in [2.24, 2.45) is 0 Å². The molecule has 0 spiro atoms. The van der Waals surface area contributed by atoms with Crippen LogP contribution in [0.15, 0.2) is 30.5 Å². The average Bonchev–Trinajstić information content (AvgIpc) is 2.76. The molecule has 2 N–H and O–H groups in total. The number of benzene rings is 1. The molecule has 1 aromatic carbocycles. The van der Waals surface area contributed by atoms with E-state index in [4.69, 9.17) is 0 Å². The van der Waals surface area contributed by atoms with Gasteiger partial charge in [-0.05, 0) is 41.6 Å². The maximum atomic E-state index is 11.7. The van der Waals surface area contributed by atoms with Crippen LogP contribution in [0.2, 0.25) is 0 Å². The minimum atomic E-state index is -0.204. The number of anilines is 1. The Labute approximate surface area is 123 Å². The Morgan fingerprint density at radius 1 is 1.44 bits per heavy atom. The summed E-state index contributed by atoms with van der Waals surface area (Å²) in [5.41, 5.74) is 0.816. The van der Waals surface area contributed by atoms with Gasteiger partial charge in [0.25, 0.3) is 0 Å². The molecule has 2 aromatic rings. The molecule has 0 aliphatic carbocycles. The van der Waals surface area contributed by atoms with E-state index < -0.39 is 0 Å². The van der Waals surface area contributed by atoms with Gasteiger partial charge in [-0.3, -0.25) is 0 Å². The molecule has 0 fully saturated rings. The van der Waals surface area contributed by atoms with Crippen LogP contribution in [0.25, 0.3) is 0 Å². The third kappa shape index (κ3) is 3.67. The first kappa shape index (κ1) is 13.3. The third-order valence-corrected chi connectivity index (χ3v) is 4.07. The molecule has 0 unspecified atom stereocenters. The summed E-state index contributed by atoms with van der Waals surface area (Å²) in [5, 5.41) is 6.62. The molecule has 18 heavy (non-hydrogen) atoms. The molecule has 0 radical (unpaired) electrons. The van der Waals surface area contributed by atoms with Crippen molar-refractivity contribution in [1.29, 1.82) is 0 Å². The molecule has 6 heteroatoms. The predicted octanol–water partition coefficient (Wildman–Crippen LogP) is 3.38. The van der Waals surface area contributed by atoms with Crippen molar-refractivity contribution in [3.63, 3.8) is 0 Å². The Hall–Kier alpha value is -1.15. The monoisotopic (exact) mass is 373 g/mol. The van der Waals surface area contributed by atoms with Crippen LogP contribution in [0.1, 0.15) is 9.88 Å². The lowest BCUT2D eigenvalue weighted by Gasteiger charge is -2.07. The number of urea groups is 1. The Bertz CT molecular complexity index is 556. The second-order valence-electron chi connectivity index (χ2n) is 3.63. The van der Waals surface area contributed by atoms with Gasteiger partial charge in [0.1, 0.15) is 0 Å². The maximum Gasteiger partial charge on any atom is 0.319 e. The third-order valence-electron chi connectivity index (χ3n) is 2.21. The van der Waals surface area contributed by atoms with Crippen LogP contribution in [-0.2, 0) is 6.54 Å². The molecule has 0 aliphatic rings. The van der Waals surface area contributed by atoms with E-state index in [1.165, 1.54) is 0 Å². The van der Waals surface area contributed by atoms with Crippen LogP contribution >= 0.6 is 33.9 Å². The van der Waals surface area contributed by atoms with Crippen LogP contribution in [-0.4, -0.2) is 11.0 Å². The van der Waals surface area contributed by atoms with Gasteiger partial charge in [0, 0.05) is 14.6 Å². The largest absolute Gasteiger partial charge is 0.333 e. The van der Waals surface area contributed by atoms with Crippen LogP contribution in [0.4, 0.5) is 10.5 Å². The molecule has 2 amide bonds. The van der Waals surface area contributed by atoms with Crippen molar-refractivity contribution in [3.05, 3.63) is 43.9 Å². The SMILES string of the molecule is Cc1ncc(CNC(=O)Nc2ccccc2I)s1. The number of para-hydroxylation sites is 1. The lowest BCUT2D eigenvalue weighted by Crippen LogP contribution is -2.28. The summed E-state index contributed by atoms with van der Waals surface area (Å²) >= 11 is 3.77. The lowest BCUT2D eigenvalue weighted by atomic mass is 10.3. The van der Waals surface area contributed by atoms with Crippen LogP contribution in [0, 0.1) is 10.5 Å². The van der Waals surface area contributed by atoms with Gasteiger partial charge in [0.15, 0.2) is 0 Å². The Kier molecular flexibility index (Phi) is 4.54. The summed E-state index contributed by atoms with van der Waals surface area (Å²) in [6.45, 7) is 2.45. The highest BCUT2D eigenvalue weighted by molar-refractivity contribution is 14.1. The molecule has 0 atom stereocenters. The number of carbonyl (C=O) groups is 1. The van der Waals surface area contributed by atoms with E-state index in [1.807, 2.05) is 31.2 Å². The second kappa shape index (κ2) is 6.14. The van der Waals surface area contributed by atoms with Gasteiger partial charge in [0.05, 0.1) is 17.2 Å². The molecular weight excluding hydrogens is 361 g/mol. The first-order chi connectivity index (χ1) is 8.65. The van der Waals surface area contributed by atoms with Gasteiger partial charge in [0.2, 0.25) is 0 Å². The van der Waals surface area contributed by atoms with E-state index in [9.17, 15) is 4.79 Å². The zero-order chi connectivity index (χ0) is 13.0. The Morgan fingerprint density at radius 2 is 2.22 bits per heavy atom. The zero-order valence-electron chi connectivity index (χ0n) is 9.74.